The van der Waals surface area contributed by atoms with E-state index in [9.17, 15) is 8.42 Å². The molecule has 1 aliphatic rings. The van der Waals surface area contributed by atoms with Gasteiger partial charge in [-0.2, -0.15) is 0 Å². The van der Waals surface area contributed by atoms with Crippen molar-refractivity contribution in [3.63, 3.8) is 0 Å². The minimum atomic E-state index is -3.31. The van der Waals surface area contributed by atoms with Crippen molar-refractivity contribution in [2.24, 2.45) is 0 Å². The third-order valence-electron chi connectivity index (χ3n) is 3.50. The van der Waals surface area contributed by atoms with Crippen LogP contribution in [-0.2, 0) is 10.0 Å². The van der Waals surface area contributed by atoms with Crippen LogP contribution in [0.15, 0.2) is 18.3 Å². The van der Waals surface area contributed by atoms with Gasteiger partial charge in [-0.05, 0) is 44.2 Å². The SMILES string of the molecule is O=S(=O)(CCCCCl)Nc1ccc(N2CCCCC2)nc1. The van der Waals surface area contributed by atoms with Crippen LogP contribution in [-0.4, -0.2) is 38.1 Å². The molecule has 2 heterocycles. The number of alkyl halides is 1. The molecule has 0 unspecified atom stereocenters. The third kappa shape index (κ3) is 5.36. The number of nitrogens with one attached hydrogen (secondary N) is 1. The topological polar surface area (TPSA) is 62.3 Å². The summed E-state index contributed by atoms with van der Waals surface area (Å²) in [6.45, 7) is 2.05. The molecular formula is C14H22ClN3O2S. The zero-order chi connectivity index (χ0) is 15.1. The number of piperidine rings is 1. The van der Waals surface area contributed by atoms with Crippen molar-refractivity contribution >= 4 is 33.1 Å². The molecule has 0 spiro atoms. The van der Waals surface area contributed by atoms with Gasteiger partial charge in [-0.1, -0.05) is 0 Å². The summed E-state index contributed by atoms with van der Waals surface area (Å²) >= 11 is 5.55. The van der Waals surface area contributed by atoms with Crippen LogP contribution in [0.1, 0.15) is 32.1 Å². The molecule has 21 heavy (non-hydrogen) atoms. The Labute approximate surface area is 131 Å². The first-order valence-corrected chi connectivity index (χ1v) is 9.57. The van der Waals surface area contributed by atoms with Crippen LogP contribution in [0.3, 0.4) is 0 Å². The highest BCUT2D eigenvalue weighted by molar-refractivity contribution is 7.92. The predicted molar refractivity (Wildman–Crippen MR) is 87.7 cm³/mol. The van der Waals surface area contributed by atoms with Crippen molar-refractivity contribution in [3.8, 4) is 0 Å². The Hall–Kier alpha value is -1.01. The number of hydrogen-bond acceptors (Lipinski definition) is 4. The number of nitrogens with zero attached hydrogens (tertiary/aromatic N) is 2. The predicted octanol–water partition coefficient (Wildman–Crippen LogP) is 2.83. The van der Waals surface area contributed by atoms with Crippen LogP contribution >= 0.6 is 11.6 Å². The van der Waals surface area contributed by atoms with E-state index in [-0.39, 0.29) is 5.75 Å². The fraction of sp³-hybridized carbons (Fsp3) is 0.643. The molecule has 0 atom stereocenters. The number of pyridine rings is 1. The second kappa shape index (κ2) is 7.84. The Balaban J connectivity index is 1.92. The van der Waals surface area contributed by atoms with E-state index in [0.717, 1.165) is 18.9 Å². The lowest BCUT2D eigenvalue weighted by Gasteiger charge is -2.27. The van der Waals surface area contributed by atoms with E-state index >= 15 is 0 Å². The fourth-order valence-electron chi connectivity index (χ4n) is 2.37. The van der Waals surface area contributed by atoms with E-state index in [0.29, 0.717) is 24.4 Å². The molecule has 1 fully saturated rings. The van der Waals surface area contributed by atoms with E-state index in [2.05, 4.69) is 14.6 Å². The smallest absolute Gasteiger partial charge is 0.232 e. The van der Waals surface area contributed by atoms with Gasteiger partial charge in [0.2, 0.25) is 10.0 Å². The van der Waals surface area contributed by atoms with E-state index in [1.54, 1.807) is 12.3 Å². The van der Waals surface area contributed by atoms with E-state index in [4.69, 9.17) is 11.6 Å². The second-order valence-electron chi connectivity index (χ2n) is 5.27. The number of rotatable bonds is 7. The standard InChI is InChI=1S/C14H22ClN3O2S/c15-8-2-5-11-21(19,20)17-13-6-7-14(16-12-13)18-9-3-1-4-10-18/h6-7,12,17H,1-5,8-11H2. The van der Waals surface area contributed by atoms with Crippen molar-refractivity contribution in [2.45, 2.75) is 32.1 Å². The van der Waals surface area contributed by atoms with Gasteiger partial charge in [-0.15, -0.1) is 11.6 Å². The van der Waals surface area contributed by atoms with Crippen molar-refractivity contribution in [3.05, 3.63) is 18.3 Å². The van der Waals surface area contributed by atoms with E-state index < -0.39 is 10.0 Å². The van der Waals surface area contributed by atoms with E-state index in [1.807, 2.05) is 6.07 Å². The molecule has 0 aromatic carbocycles. The van der Waals surface area contributed by atoms with Gasteiger partial charge in [-0.3, -0.25) is 4.72 Å². The molecule has 2 rings (SSSR count). The molecule has 1 saturated heterocycles. The van der Waals surface area contributed by atoms with E-state index in [1.165, 1.54) is 19.3 Å². The Morgan fingerprint density at radius 3 is 2.57 bits per heavy atom. The first-order chi connectivity index (χ1) is 10.1. The third-order valence-corrected chi connectivity index (χ3v) is 5.14. The molecule has 0 saturated carbocycles. The van der Waals surface area contributed by atoms with Gasteiger partial charge < -0.3 is 4.90 Å². The number of aromatic nitrogens is 1. The maximum Gasteiger partial charge on any atom is 0.232 e. The maximum absolute atomic E-state index is 11.9. The molecule has 1 N–H and O–H groups in total. The summed E-state index contributed by atoms with van der Waals surface area (Å²) in [5, 5.41) is 0. The molecule has 0 bridgehead atoms. The highest BCUT2D eigenvalue weighted by Gasteiger charge is 2.13. The molecule has 7 heteroatoms. The normalized spacial score (nSPS) is 16.0. The van der Waals surface area contributed by atoms with Crippen molar-refractivity contribution in [2.75, 3.05) is 34.3 Å². The lowest BCUT2D eigenvalue weighted by atomic mass is 10.1. The summed E-state index contributed by atoms with van der Waals surface area (Å²) < 4.78 is 26.3. The van der Waals surface area contributed by atoms with Crippen LogP contribution in [0.4, 0.5) is 11.5 Å². The molecule has 1 aromatic heterocycles. The molecular weight excluding hydrogens is 310 g/mol. The summed E-state index contributed by atoms with van der Waals surface area (Å²) in [5.41, 5.74) is 0.515. The van der Waals surface area contributed by atoms with Crippen molar-refractivity contribution < 1.29 is 8.42 Å². The molecule has 0 aliphatic carbocycles. The molecule has 1 aliphatic heterocycles. The van der Waals surface area contributed by atoms with Crippen LogP contribution < -0.4 is 9.62 Å². The van der Waals surface area contributed by atoms with Crippen LogP contribution in [0.2, 0.25) is 0 Å². The fourth-order valence-corrected chi connectivity index (χ4v) is 3.73. The number of halogens is 1. The monoisotopic (exact) mass is 331 g/mol. The Morgan fingerprint density at radius 2 is 1.95 bits per heavy atom. The van der Waals surface area contributed by atoms with Crippen molar-refractivity contribution in [1.29, 1.82) is 0 Å². The second-order valence-corrected chi connectivity index (χ2v) is 7.49. The average Bonchev–Trinajstić information content (AvgIpc) is 2.49. The quantitative estimate of drug-likeness (QED) is 0.616. The summed E-state index contributed by atoms with van der Waals surface area (Å²) in [7, 11) is -3.31. The van der Waals surface area contributed by atoms with Crippen LogP contribution in [0.5, 0.6) is 0 Å². The molecule has 0 amide bonds. The van der Waals surface area contributed by atoms with Gasteiger partial charge in [0.25, 0.3) is 0 Å². The largest absolute Gasteiger partial charge is 0.357 e. The van der Waals surface area contributed by atoms with Crippen LogP contribution in [0, 0.1) is 0 Å². The lowest BCUT2D eigenvalue weighted by molar-refractivity contribution is 0.573. The molecule has 5 nitrogen and oxygen atoms in total. The summed E-state index contributed by atoms with van der Waals surface area (Å²) in [4.78, 5) is 6.60. The summed E-state index contributed by atoms with van der Waals surface area (Å²) in [6, 6.07) is 3.65. The lowest BCUT2D eigenvalue weighted by Crippen LogP contribution is -2.30. The zero-order valence-corrected chi connectivity index (χ0v) is 13.7. The maximum atomic E-state index is 11.9. The molecule has 1 aromatic rings. The van der Waals surface area contributed by atoms with Crippen LogP contribution in [0.25, 0.3) is 0 Å². The zero-order valence-electron chi connectivity index (χ0n) is 12.1. The Kier molecular flexibility index (Phi) is 6.11. The van der Waals surface area contributed by atoms with Gasteiger partial charge in [-0.25, -0.2) is 13.4 Å². The number of anilines is 2. The van der Waals surface area contributed by atoms with Gasteiger partial charge in [0.15, 0.2) is 0 Å². The minimum Gasteiger partial charge on any atom is -0.357 e. The van der Waals surface area contributed by atoms with Crippen molar-refractivity contribution in [1.82, 2.24) is 4.98 Å². The highest BCUT2D eigenvalue weighted by atomic mass is 35.5. The molecule has 118 valence electrons. The summed E-state index contributed by atoms with van der Waals surface area (Å²) in [6.07, 6.45) is 6.51. The van der Waals surface area contributed by atoms with Gasteiger partial charge in [0.05, 0.1) is 17.6 Å². The van der Waals surface area contributed by atoms with Gasteiger partial charge in [0, 0.05) is 19.0 Å². The highest BCUT2D eigenvalue weighted by Crippen LogP contribution is 2.19. The first kappa shape index (κ1) is 16.4. The Morgan fingerprint density at radius 1 is 1.19 bits per heavy atom. The Bertz CT molecular complexity index is 528. The average molecular weight is 332 g/mol. The first-order valence-electron chi connectivity index (χ1n) is 7.38. The number of unbranched alkanes of at least 4 members (excludes halogenated alkanes) is 1. The number of sulfonamides is 1. The minimum absolute atomic E-state index is 0.0909. The number of hydrogen-bond donors (Lipinski definition) is 1. The van der Waals surface area contributed by atoms with Gasteiger partial charge >= 0.3 is 0 Å². The molecule has 0 radical (unpaired) electrons. The van der Waals surface area contributed by atoms with Gasteiger partial charge in [0.1, 0.15) is 5.82 Å². The summed E-state index contributed by atoms with van der Waals surface area (Å²) in [5.74, 6) is 1.50.